The predicted molar refractivity (Wildman–Crippen MR) is 113 cm³/mol. The molecule has 0 fully saturated rings. The zero-order valence-electron chi connectivity index (χ0n) is 16.0. The van der Waals surface area contributed by atoms with E-state index in [-0.39, 0.29) is 0 Å². The van der Waals surface area contributed by atoms with Crippen molar-refractivity contribution < 1.29 is 14.3 Å². The summed E-state index contributed by atoms with van der Waals surface area (Å²) in [6, 6.07) is 24.1. The summed E-state index contributed by atoms with van der Waals surface area (Å²) in [5.74, 6) is 0.363. The molecule has 3 rings (SSSR count). The second kappa shape index (κ2) is 9.42. The Bertz CT molecular complexity index is 965. The molecule has 0 atom stereocenters. The van der Waals surface area contributed by atoms with Gasteiger partial charge in [-0.15, -0.1) is 0 Å². The predicted octanol–water partition coefficient (Wildman–Crippen LogP) is 5.16. The lowest BCUT2D eigenvalue weighted by Crippen LogP contribution is -1.98. The zero-order chi connectivity index (χ0) is 19.8. The maximum absolute atomic E-state index is 11.4. The molecule has 0 unspecified atom stereocenters. The Hall–Kier alpha value is -3.53. The third kappa shape index (κ3) is 5.01. The van der Waals surface area contributed by atoms with Gasteiger partial charge in [-0.05, 0) is 41.0 Å². The number of anilines is 1. The molecule has 0 spiro atoms. The van der Waals surface area contributed by atoms with Crippen LogP contribution in [0.5, 0.6) is 5.75 Å². The van der Waals surface area contributed by atoms with Crippen molar-refractivity contribution in [1.29, 1.82) is 0 Å². The standard InChI is InChI=1S/C24H23NO3/c1-25-21-10-6-9-20(16-21)22-13-11-18(12-14-24(26)27-2)15-23(22)28-17-19-7-4-3-5-8-19/h3-16,25H,17H2,1-2H3/b14-12+. The highest BCUT2D eigenvalue weighted by Crippen LogP contribution is 2.33. The number of hydrogen-bond acceptors (Lipinski definition) is 4. The van der Waals surface area contributed by atoms with Crippen molar-refractivity contribution in [2.75, 3.05) is 19.5 Å². The minimum absolute atomic E-state index is 0.391. The highest BCUT2D eigenvalue weighted by Gasteiger charge is 2.09. The van der Waals surface area contributed by atoms with E-state index in [4.69, 9.17) is 4.74 Å². The Morgan fingerprint density at radius 1 is 1.00 bits per heavy atom. The molecule has 0 radical (unpaired) electrons. The van der Waals surface area contributed by atoms with E-state index in [0.717, 1.165) is 33.7 Å². The van der Waals surface area contributed by atoms with Crippen molar-refractivity contribution >= 4 is 17.7 Å². The number of carbonyl (C=O) groups excluding carboxylic acids is 1. The largest absolute Gasteiger partial charge is 0.488 e. The first-order chi connectivity index (χ1) is 13.7. The van der Waals surface area contributed by atoms with Crippen molar-refractivity contribution in [1.82, 2.24) is 0 Å². The highest BCUT2D eigenvalue weighted by molar-refractivity contribution is 5.87. The fourth-order valence-corrected chi connectivity index (χ4v) is 2.81. The Labute approximate surface area is 165 Å². The van der Waals surface area contributed by atoms with Gasteiger partial charge in [0.1, 0.15) is 12.4 Å². The van der Waals surface area contributed by atoms with Crippen molar-refractivity contribution in [2.24, 2.45) is 0 Å². The molecule has 3 aromatic rings. The Morgan fingerprint density at radius 3 is 2.57 bits per heavy atom. The summed E-state index contributed by atoms with van der Waals surface area (Å²) >= 11 is 0. The highest BCUT2D eigenvalue weighted by atomic mass is 16.5. The van der Waals surface area contributed by atoms with Gasteiger partial charge in [-0.2, -0.15) is 0 Å². The number of hydrogen-bond donors (Lipinski definition) is 1. The normalized spacial score (nSPS) is 10.6. The van der Waals surface area contributed by atoms with Gasteiger partial charge < -0.3 is 14.8 Å². The number of nitrogens with one attached hydrogen (secondary N) is 1. The van der Waals surface area contributed by atoms with E-state index in [9.17, 15) is 4.79 Å². The van der Waals surface area contributed by atoms with Crippen LogP contribution in [0.3, 0.4) is 0 Å². The number of ether oxygens (including phenoxy) is 2. The molecule has 0 saturated heterocycles. The molecule has 142 valence electrons. The van der Waals surface area contributed by atoms with Crippen LogP contribution in [0.25, 0.3) is 17.2 Å². The maximum Gasteiger partial charge on any atom is 0.330 e. The molecule has 0 heterocycles. The Morgan fingerprint density at radius 2 is 1.82 bits per heavy atom. The topological polar surface area (TPSA) is 47.6 Å². The summed E-state index contributed by atoms with van der Waals surface area (Å²) < 4.78 is 10.8. The average molecular weight is 373 g/mol. The molecular formula is C24H23NO3. The van der Waals surface area contributed by atoms with Crippen LogP contribution in [0.2, 0.25) is 0 Å². The summed E-state index contributed by atoms with van der Waals surface area (Å²) in [6.07, 6.45) is 3.12. The van der Waals surface area contributed by atoms with E-state index in [1.165, 1.54) is 13.2 Å². The molecule has 0 aliphatic carbocycles. The molecular weight excluding hydrogens is 350 g/mol. The summed E-state index contributed by atoms with van der Waals surface area (Å²) in [5.41, 5.74) is 5.03. The number of carbonyl (C=O) groups is 1. The van der Waals surface area contributed by atoms with Gasteiger partial charge in [0.05, 0.1) is 7.11 Å². The molecule has 4 nitrogen and oxygen atoms in total. The van der Waals surface area contributed by atoms with Gasteiger partial charge in [-0.1, -0.05) is 54.6 Å². The van der Waals surface area contributed by atoms with E-state index in [2.05, 4.69) is 22.2 Å². The lowest BCUT2D eigenvalue weighted by atomic mass is 10.0. The molecule has 0 bridgehead atoms. The van der Waals surface area contributed by atoms with Crippen LogP contribution in [0, 0.1) is 0 Å². The summed E-state index contributed by atoms with van der Waals surface area (Å²) in [4.78, 5) is 11.4. The van der Waals surface area contributed by atoms with E-state index < -0.39 is 5.97 Å². The number of esters is 1. The van der Waals surface area contributed by atoms with E-state index in [1.807, 2.05) is 67.7 Å². The first-order valence-corrected chi connectivity index (χ1v) is 9.04. The van der Waals surface area contributed by atoms with Gasteiger partial charge in [0.2, 0.25) is 0 Å². The third-order valence-corrected chi connectivity index (χ3v) is 4.32. The van der Waals surface area contributed by atoms with Crippen LogP contribution in [0.1, 0.15) is 11.1 Å². The molecule has 0 saturated carbocycles. The van der Waals surface area contributed by atoms with Gasteiger partial charge in [0, 0.05) is 24.4 Å². The van der Waals surface area contributed by atoms with Crippen molar-refractivity contribution in [3.8, 4) is 16.9 Å². The minimum atomic E-state index is -0.391. The average Bonchev–Trinajstić information content (AvgIpc) is 2.76. The maximum atomic E-state index is 11.4. The fourth-order valence-electron chi connectivity index (χ4n) is 2.81. The van der Waals surface area contributed by atoms with Crippen molar-refractivity contribution in [2.45, 2.75) is 6.61 Å². The van der Waals surface area contributed by atoms with Crippen LogP contribution < -0.4 is 10.1 Å². The van der Waals surface area contributed by atoms with Gasteiger partial charge in [-0.3, -0.25) is 0 Å². The van der Waals surface area contributed by atoms with Gasteiger partial charge in [0.25, 0.3) is 0 Å². The van der Waals surface area contributed by atoms with Crippen molar-refractivity contribution in [3.63, 3.8) is 0 Å². The van der Waals surface area contributed by atoms with Crippen LogP contribution in [-0.4, -0.2) is 20.1 Å². The van der Waals surface area contributed by atoms with Crippen LogP contribution >= 0.6 is 0 Å². The molecule has 0 aliphatic rings. The molecule has 1 N–H and O–H groups in total. The van der Waals surface area contributed by atoms with Crippen LogP contribution in [-0.2, 0) is 16.1 Å². The second-order valence-electron chi connectivity index (χ2n) is 6.22. The monoisotopic (exact) mass is 373 g/mol. The third-order valence-electron chi connectivity index (χ3n) is 4.32. The summed E-state index contributed by atoms with van der Waals surface area (Å²) in [7, 11) is 3.26. The van der Waals surface area contributed by atoms with Gasteiger partial charge in [-0.25, -0.2) is 4.79 Å². The van der Waals surface area contributed by atoms with E-state index in [0.29, 0.717) is 6.61 Å². The first kappa shape index (κ1) is 19.2. The molecule has 4 heteroatoms. The summed E-state index contributed by atoms with van der Waals surface area (Å²) in [5, 5.41) is 3.16. The molecule has 28 heavy (non-hydrogen) atoms. The lowest BCUT2D eigenvalue weighted by Gasteiger charge is -2.14. The number of benzene rings is 3. The summed E-state index contributed by atoms with van der Waals surface area (Å²) in [6.45, 7) is 0.462. The smallest absolute Gasteiger partial charge is 0.330 e. The van der Waals surface area contributed by atoms with E-state index in [1.54, 1.807) is 6.08 Å². The second-order valence-corrected chi connectivity index (χ2v) is 6.22. The minimum Gasteiger partial charge on any atom is -0.488 e. The van der Waals surface area contributed by atoms with Crippen LogP contribution in [0.15, 0.2) is 78.9 Å². The Balaban J connectivity index is 1.94. The molecule has 3 aromatic carbocycles. The number of rotatable bonds is 7. The quantitative estimate of drug-likeness (QED) is 0.459. The SMILES string of the molecule is CNc1cccc(-c2ccc(/C=C/C(=O)OC)cc2OCc2ccccc2)c1. The lowest BCUT2D eigenvalue weighted by molar-refractivity contribution is -0.134. The first-order valence-electron chi connectivity index (χ1n) is 9.04. The fraction of sp³-hybridized carbons (Fsp3) is 0.125. The molecule has 0 aliphatic heterocycles. The van der Waals surface area contributed by atoms with E-state index >= 15 is 0 Å². The molecule has 0 amide bonds. The number of methoxy groups -OCH3 is 1. The Kier molecular flexibility index (Phi) is 6.47. The molecule has 0 aromatic heterocycles. The van der Waals surface area contributed by atoms with Crippen LogP contribution in [0.4, 0.5) is 5.69 Å². The van der Waals surface area contributed by atoms with Crippen molar-refractivity contribution in [3.05, 3.63) is 90.0 Å². The van der Waals surface area contributed by atoms with Gasteiger partial charge >= 0.3 is 5.97 Å². The van der Waals surface area contributed by atoms with Gasteiger partial charge in [0.15, 0.2) is 0 Å². The zero-order valence-corrected chi connectivity index (χ0v) is 16.0.